The first-order chi connectivity index (χ1) is 10.5. The summed E-state index contributed by atoms with van der Waals surface area (Å²) in [6.45, 7) is 6.06. The summed E-state index contributed by atoms with van der Waals surface area (Å²) >= 11 is 0. The minimum Gasteiger partial charge on any atom is -0.497 e. The summed E-state index contributed by atoms with van der Waals surface area (Å²) in [6.07, 6.45) is 0. The van der Waals surface area contributed by atoms with Gasteiger partial charge in [-0.2, -0.15) is 0 Å². The minimum absolute atomic E-state index is 0. The van der Waals surface area contributed by atoms with Crippen LogP contribution in [0.3, 0.4) is 0 Å². The van der Waals surface area contributed by atoms with E-state index in [0.29, 0.717) is 5.92 Å². The Bertz CT molecular complexity index is 460. The van der Waals surface area contributed by atoms with Gasteiger partial charge in [-0.25, -0.2) is 0 Å². The zero-order chi connectivity index (χ0) is 16.5. The molecule has 0 aliphatic carbocycles. The largest absolute Gasteiger partial charge is 0.497 e. The molecule has 1 aromatic rings. The van der Waals surface area contributed by atoms with Crippen LogP contribution in [0, 0.1) is 5.92 Å². The molecule has 0 aliphatic rings. The predicted molar refractivity (Wildman–Crippen MR) is 109 cm³/mol. The fourth-order valence-corrected chi connectivity index (χ4v) is 2.14. The lowest BCUT2D eigenvalue weighted by Gasteiger charge is -2.26. The van der Waals surface area contributed by atoms with Gasteiger partial charge >= 0.3 is 0 Å². The highest BCUT2D eigenvalue weighted by Crippen LogP contribution is 2.20. The van der Waals surface area contributed by atoms with Crippen LogP contribution in [0.1, 0.15) is 25.5 Å². The normalized spacial score (nSPS) is 12.8. The molecule has 1 aromatic carbocycles. The Morgan fingerprint density at radius 3 is 2.13 bits per heavy atom. The maximum absolute atomic E-state index is 5.22. The molecule has 0 saturated heterocycles. The Morgan fingerprint density at radius 2 is 1.70 bits per heavy atom. The van der Waals surface area contributed by atoms with Crippen LogP contribution in [0.15, 0.2) is 29.3 Å². The van der Waals surface area contributed by atoms with Crippen LogP contribution in [0.25, 0.3) is 0 Å². The highest BCUT2D eigenvalue weighted by Gasteiger charge is 2.14. The van der Waals surface area contributed by atoms with Gasteiger partial charge < -0.3 is 20.3 Å². The number of ether oxygens (including phenoxy) is 1. The van der Waals surface area contributed by atoms with E-state index < -0.39 is 0 Å². The highest BCUT2D eigenvalue weighted by molar-refractivity contribution is 14.0. The van der Waals surface area contributed by atoms with E-state index in [1.807, 2.05) is 12.1 Å². The lowest BCUT2D eigenvalue weighted by atomic mass is 10.1. The highest BCUT2D eigenvalue weighted by atomic mass is 127. The molecule has 0 aromatic heterocycles. The smallest absolute Gasteiger partial charge is 0.191 e. The molecular formula is C17H31IN4O. The molecular weight excluding hydrogens is 403 g/mol. The molecule has 0 bridgehead atoms. The second-order valence-corrected chi connectivity index (χ2v) is 5.98. The van der Waals surface area contributed by atoms with Gasteiger partial charge in [-0.05, 0) is 37.7 Å². The van der Waals surface area contributed by atoms with E-state index in [-0.39, 0.29) is 30.0 Å². The lowest BCUT2D eigenvalue weighted by Crippen LogP contribution is -2.42. The van der Waals surface area contributed by atoms with Crippen molar-refractivity contribution in [2.75, 3.05) is 41.3 Å². The van der Waals surface area contributed by atoms with Gasteiger partial charge in [0, 0.05) is 20.1 Å². The summed E-state index contributed by atoms with van der Waals surface area (Å²) in [5, 5.41) is 6.73. The van der Waals surface area contributed by atoms with Gasteiger partial charge in [-0.15, -0.1) is 24.0 Å². The number of hydrogen-bond donors (Lipinski definition) is 2. The molecule has 2 N–H and O–H groups in total. The Kier molecular flexibility index (Phi) is 11.0. The van der Waals surface area contributed by atoms with E-state index in [4.69, 9.17) is 4.74 Å². The van der Waals surface area contributed by atoms with Gasteiger partial charge in [-0.1, -0.05) is 26.0 Å². The molecule has 132 valence electrons. The topological polar surface area (TPSA) is 48.9 Å². The van der Waals surface area contributed by atoms with Crippen molar-refractivity contribution in [1.82, 2.24) is 15.5 Å². The first kappa shape index (κ1) is 22.0. The van der Waals surface area contributed by atoms with Crippen LogP contribution in [0.2, 0.25) is 0 Å². The standard InChI is InChI=1S/C17H30N4O.HI/c1-13(2)11-19-17(18-3)20-12-16(21(4)5)14-7-9-15(22-6)10-8-14;/h7-10,13,16H,11-12H2,1-6H3,(H2,18,19,20);1H. The van der Waals surface area contributed by atoms with Crippen molar-refractivity contribution >= 4 is 29.9 Å². The predicted octanol–water partition coefficient (Wildman–Crippen LogP) is 2.74. The molecule has 0 radical (unpaired) electrons. The van der Waals surface area contributed by atoms with Gasteiger partial charge in [0.05, 0.1) is 13.2 Å². The molecule has 0 saturated carbocycles. The number of aliphatic imine (C=N–C) groups is 1. The number of hydrogen-bond acceptors (Lipinski definition) is 3. The van der Waals surface area contributed by atoms with E-state index in [0.717, 1.165) is 24.8 Å². The molecule has 1 atom stereocenters. The maximum Gasteiger partial charge on any atom is 0.191 e. The molecule has 1 rings (SSSR count). The van der Waals surface area contributed by atoms with Crippen molar-refractivity contribution in [3.8, 4) is 5.75 Å². The quantitative estimate of drug-likeness (QED) is 0.394. The molecule has 0 heterocycles. The van der Waals surface area contributed by atoms with Crippen LogP contribution < -0.4 is 15.4 Å². The molecule has 0 fully saturated rings. The SMILES string of the molecule is CN=C(NCC(C)C)NCC(c1ccc(OC)cc1)N(C)C.I. The molecule has 5 nitrogen and oxygen atoms in total. The van der Waals surface area contributed by atoms with Crippen LogP contribution in [-0.2, 0) is 0 Å². The summed E-state index contributed by atoms with van der Waals surface area (Å²) in [7, 11) is 7.65. The molecule has 0 amide bonds. The Hall–Kier alpha value is -1.02. The summed E-state index contributed by atoms with van der Waals surface area (Å²) in [4.78, 5) is 6.47. The molecule has 0 spiro atoms. The molecule has 23 heavy (non-hydrogen) atoms. The zero-order valence-corrected chi connectivity index (χ0v) is 17.4. The number of nitrogens with one attached hydrogen (secondary N) is 2. The van der Waals surface area contributed by atoms with Crippen LogP contribution in [0.4, 0.5) is 0 Å². The van der Waals surface area contributed by atoms with Crippen molar-refractivity contribution in [3.05, 3.63) is 29.8 Å². The van der Waals surface area contributed by atoms with Crippen molar-refractivity contribution in [1.29, 1.82) is 0 Å². The average molecular weight is 434 g/mol. The van der Waals surface area contributed by atoms with Gasteiger partial charge in [0.15, 0.2) is 5.96 Å². The van der Waals surface area contributed by atoms with Crippen molar-refractivity contribution in [3.63, 3.8) is 0 Å². The minimum atomic E-state index is 0. The summed E-state index contributed by atoms with van der Waals surface area (Å²) < 4.78 is 5.22. The van der Waals surface area contributed by atoms with Gasteiger partial charge in [-0.3, -0.25) is 4.99 Å². The van der Waals surface area contributed by atoms with Gasteiger partial charge in [0.1, 0.15) is 5.75 Å². The number of likely N-dealkylation sites (N-methyl/N-ethyl adjacent to an activating group) is 1. The number of rotatable bonds is 7. The number of guanidine groups is 1. The van der Waals surface area contributed by atoms with E-state index >= 15 is 0 Å². The zero-order valence-electron chi connectivity index (χ0n) is 15.1. The Morgan fingerprint density at radius 1 is 1.13 bits per heavy atom. The second-order valence-electron chi connectivity index (χ2n) is 5.98. The maximum atomic E-state index is 5.22. The molecule has 1 unspecified atom stereocenters. The number of methoxy groups -OCH3 is 1. The second kappa shape index (κ2) is 11.5. The van der Waals surface area contributed by atoms with E-state index in [1.54, 1.807) is 14.2 Å². The lowest BCUT2D eigenvalue weighted by molar-refractivity contribution is 0.297. The summed E-state index contributed by atoms with van der Waals surface area (Å²) in [6, 6.07) is 8.48. The van der Waals surface area contributed by atoms with Crippen LogP contribution in [0.5, 0.6) is 5.75 Å². The van der Waals surface area contributed by atoms with E-state index in [2.05, 4.69) is 60.6 Å². The summed E-state index contributed by atoms with van der Waals surface area (Å²) in [5.41, 5.74) is 1.25. The van der Waals surface area contributed by atoms with Crippen molar-refractivity contribution in [2.45, 2.75) is 19.9 Å². The van der Waals surface area contributed by atoms with Crippen molar-refractivity contribution in [2.24, 2.45) is 10.9 Å². The Labute approximate surface area is 157 Å². The number of halogens is 1. The van der Waals surface area contributed by atoms with Crippen LogP contribution >= 0.6 is 24.0 Å². The third-order valence-corrected chi connectivity index (χ3v) is 3.49. The first-order valence-electron chi connectivity index (χ1n) is 7.72. The average Bonchev–Trinajstić information content (AvgIpc) is 2.50. The first-order valence-corrected chi connectivity index (χ1v) is 7.72. The monoisotopic (exact) mass is 434 g/mol. The van der Waals surface area contributed by atoms with Gasteiger partial charge in [0.2, 0.25) is 0 Å². The van der Waals surface area contributed by atoms with Crippen LogP contribution in [-0.4, -0.2) is 52.2 Å². The third kappa shape index (κ3) is 7.87. The molecule has 0 aliphatic heterocycles. The molecule has 6 heteroatoms. The van der Waals surface area contributed by atoms with Crippen molar-refractivity contribution < 1.29 is 4.74 Å². The fraction of sp³-hybridized carbons (Fsp3) is 0.588. The Balaban J connectivity index is 0.00000484. The summed E-state index contributed by atoms with van der Waals surface area (Å²) in [5.74, 6) is 2.31. The fourth-order valence-electron chi connectivity index (χ4n) is 2.14. The third-order valence-electron chi connectivity index (χ3n) is 3.49. The number of nitrogens with zero attached hydrogens (tertiary/aromatic N) is 2. The van der Waals surface area contributed by atoms with Gasteiger partial charge in [0.25, 0.3) is 0 Å². The van der Waals surface area contributed by atoms with E-state index in [1.165, 1.54) is 5.56 Å². The number of benzene rings is 1. The van der Waals surface area contributed by atoms with E-state index in [9.17, 15) is 0 Å².